The molecule has 0 aliphatic carbocycles. The second kappa shape index (κ2) is 6.86. The van der Waals surface area contributed by atoms with Gasteiger partial charge in [0.15, 0.2) is 5.79 Å². The molecule has 0 radical (unpaired) electrons. The molecule has 9 heteroatoms. The fourth-order valence-corrected chi connectivity index (χ4v) is 4.71. The lowest BCUT2D eigenvalue weighted by Gasteiger charge is -2.31. The molecule has 2 aromatic rings. The van der Waals surface area contributed by atoms with Gasteiger partial charge in [0.2, 0.25) is 8.32 Å². The third-order valence-electron chi connectivity index (χ3n) is 4.87. The van der Waals surface area contributed by atoms with Crippen LogP contribution in [0.4, 0.5) is 0 Å². The number of fused-ring (bicyclic) bond motifs is 1. The maximum absolute atomic E-state index is 13.3. The quantitative estimate of drug-likeness (QED) is 0.713. The molecular weight excluding hydrogens is 390 g/mol. The van der Waals surface area contributed by atoms with Gasteiger partial charge in [-0.05, 0) is 51.7 Å². The van der Waals surface area contributed by atoms with E-state index in [1.807, 2.05) is 26.0 Å². The number of hydrogen-bond acceptors (Lipinski definition) is 5. The van der Waals surface area contributed by atoms with Crippen LogP contribution in [-0.4, -0.2) is 40.7 Å². The standard InChI is InChI=1S/C20H27N3O5Si/c1-20(2)26-13-17(27-20)16-11-15(28-29(3,4)5)12-21-18(24)22(19(25)23(16)21)14-9-7-6-8-10-14/h6-11,16-17H,12-13H2,1-5H3/t16?,17-/m1/s1. The molecule has 29 heavy (non-hydrogen) atoms. The van der Waals surface area contributed by atoms with E-state index < -0.39 is 37.6 Å². The van der Waals surface area contributed by atoms with Gasteiger partial charge >= 0.3 is 11.4 Å². The van der Waals surface area contributed by atoms with Gasteiger partial charge in [0, 0.05) is 0 Å². The molecule has 1 aromatic carbocycles. The number of aromatic nitrogens is 3. The first-order valence-electron chi connectivity index (χ1n) is 9.77. The number of allylic oxidation sites excluding steroid dienone is 1. The average molecular weight is 418 g/mol. The number of para-hydroxylation sites is 1. The van der Waals surface area contributed by atoms with Crippen LogP contribution < -0.4 is 11.4 Å². The molecule has 0 spiro atoms. The highest BCUT2D eigenvalue weighted by Crippen LogP contribution is 2.32. The van der Waals surface area contributed by atoms with Crippen molar-refractivity contribution < 1.29 is 13.9 Å². The highest BCUT2D eigenvalue weighted by molar-refractivity contribution is 6.70. The fraction of sp³-hybridized carbons (Fsp3) is 0.500. The summed E-state index contributed by atoms with van der Waals surface area (Å²) >= 11 is 0. The number of rotatable bonds is 4. The molecule has 156 valence electrons. The maximum atomic E-state index is 13.3. The molecule has 1 saturated heterocycles. The molecule has 0 amide bonds. The molecule has 1 aromatic heterocycles. The molecule has 8 nitrogen and oxygen atoms in total. The van der Waals surface area contributed by atoms with Gasteiger partial charge < -0.3 is 13.9 Å². The normalized spacial score (nSPS) is 23.6. The summed E-state index contributed by atoms with van der Waals surface area (Å²) in [5.41, 5.74) is -0.260. The van der Waals surface area contributed by atoms with Crippen molar-refractivity contribution in [3.05, 3.63) is 63.1 Å². The van der Waals surface area contributed by atoms with Crippen molar-refractivity contribution in [2.24, 2.45) is 0 Å². The molecule has 4 rings (SSSR count). The smallest absolute Gasteiger partial charge is 0.352 e. The van der Waals surface area contributed by atoms with E-state index in [1.54, 1.807) is 24.3 Å². The van der Waals surface area contributed by atoms with Crippen molar-refractivity contribution in [3.8, 4) is 5.69 Å². The van der Waals surface area contributed by atoms with Crippen LogP contribution in [0.5, 0.6) is 0 Å². The molecule has 3 heterocycles. The summed E-state index contributed by atoms with van der Waals surface area (Å²) in [7, 11) is -1.90. The summed E-state index contributed by atoms with van der Waals surface area (Å²) < 4.78 is 22.1. The first kappa shape index (κ1) is 19.9. The van der Waals surface area contributed by atoms with Crippen molar-refractivity contribution in [1.29, 1.82) is 0 Å². The number of hydrogen-bond donors (Lipinski definition) is 0. The second-order valence-corrected chi connectivity index (χ2v) is 13.3. The highest BCUT2D eigenvalue weighted by Gasteiger charge is 2.41. The van der Waals surface area contributed by atoms with Crippen molar-refractivity contribution in [2.45, 2.75) is 58.0 Å². The molecule has 0 saturated carbocycles. The first-order valence-corrected chi connectivity index (χ1v) is 13.2. The van der Waals surface area contributed by atoms with Crippen LogP contribution in [0.2, 0.25) is 19.6 Å². The minimum Gasteiger partial charge on any atom is -0.546 e. The average Bonchev–Trinajstić information content (AvgIpc) is 3.11. The number of nitrogens with zero attached hydrogens (tertiary/aromatic N) is 3. The van der Waals surface area contributed by atoms with E-state index >= 15 is 0 Å². The Labute approximate surface area is 170 Å². The molecular formula is C20H27N3O5Si. The Morgan fingerprint density at radius 1 is 1.10 bits per heavy atom. The summed E-state index contributed by atoms with van der Waals surface area (Å²) in [5, 5.41) is 0. The van der Waals surface area contributed by atoms with Gasteiger partial charge in [-0.1, -0.05) is 18.2 Å². The van der Waals surface area contributed by atoms with Gasteiger partial charge in [-0.2, -0.15) is 0 Å². The third-order valence-corrected chi connectivity index (χ3v) is 5.74. The van der Waals surface area contributed by atoms with Crippen LogP contribution in [0.1, 0.15) is 19.9 Å². The molecule has 1 unspecified atom stereocenters. The van der Waals surface area contributed by atoms with Gasteiger partial charge in [-0.15, -0.1) is 0 Å². The van der Waals surface area contributed by atoms with E-state index in [1.165, 1.54) is 13.9 Å². The van der Waals surface area contributed by atoms with E-state index in [-0.39, 0.29) is 6.54 Å². The Morgan fingerprint density at radius 2 is 1.79 bits per heavy atom. The van der Waals surface area contributed by atoms with Crippen LogP contribution in [0.3, 0.4) is 0 Å². The zero-order valence-electron chi connectivity index (χ0n) is 17.4. The fourth-order valence-electron chi connectivity index (χ4n) is 3.79. The Kier molecular flexibility index (Phi) is 4.71. The van der Waals surface area contributed by atoms with Crippen LogP contribution in [0, 0.1) is 0 Å². The van der Waals surface area contributed by atoms with Crippen LogP contribution in [0.15, 0.2) is 51.8 Å². The first-order chi connectivity index (χ1) is 13.6. The van der Waals surface area contributed by atoms with Crippen molar-refractivity contribution >= 4 is 8.32 Å². The third kappa shape index (κ3) is 3.77. The highest BCUT2D eigenvalue weighted by atomic mass is 28.4. The molecule has 0 N–H and O–H groups in total. The van der Waals surface area contributed by atoms with Gasteiger partial charge in [-0.25, -0.2) is 23.5 Å². The van der Waals surface area contributed by atoms with Gasteiger partial charge in [0.1, 0.15) is 18.7 Å². The predicted octanol–water partition coefficient (Wildman–Crippen LogP) is 2.24. The Morgan fingerprint density at radius 3 is 2.38 bits per heavy atom. The summed E-state index contributed by atoms with van der Waals surface area (Å²) in [5.74, 6) is -0.0540. The topological polar surface area (TPSA) is 76.6 Å². The second-order valence-electron chi connectivity index (χ2n) is 8.84. The molecule has 2 aliphatic heterocycles. The van der Waals surface area contributed by atoms with Crippen LogP contribution >= 0.6 is 0 Å². The largest absolute Gasteiger partial charge is 0.546 e. The summed E-state index contributed by atoms with van der Waals surface area (Å²) in [6.45, 7) is 10.5. The zero-order chi connectivity index (χ0) is 21.0. The van der Waals surface area contributed by atoms with Gasteiger partial charge in [0.25, 0.3) is 0 Å². The van der Waals surface area contributed by atoms with Gasteiger partial charge in [-0.3, -0.25) is 0 Å². The summed E-state index contributed by atoms with van der Waals surface area (Å²) in [4.78, 5) is 26.5. The number of ether oxygens (including phenoxy) is 2. The van der Waals surface area contributed by atoms with Crippen molar-refractivity contribution in [2.75, 3.05) is 6.61 Å². The van der Waals surface area contributed by atoms with Gasteiger partial charge in [0.05, 0.1) is 18.1 Å². The lowest BCUT2D eigenvalue weighted by atomic mass is 10.1. The van der Waals surface area contributed by atoms with E-state index in [0.29, 0.717) is 18.1 Å². The molecule has 1 fully saturated rings. The van der Waals surface area contributed by atoms with Crippen LogP contribution in [0.25, 0.3) is 5.69 Å². The number of benzene rings is 1. The van der Waals surface area contributed by atoms with E-state index in [0.717, 1.165) is 0 Å². The Balaban J connectivity index is 1.85. The summed E-state index contributed by atoms with van der Waals surface area (Å²) in [6, 6.07) is 8.44. The van der Waals surface area contributed by atoms with Crippen molar-refractivity contribution in [3.63, 3.8) is 0 Å². The SMILES string of the molecule is CC1(C)OC[C@H](C2C=C(O[Si](C)(C)C)Cn3c(=O)n(-c4ccccc4)c(=O)n32)O1. The van der Waals surface area contributed by atoms with E-state index in [4.69, 9.17) is 13.9 Å². The monoisotopic (exact) mass is 417 g/mol. The molecule has 0 bridgehead atoms. The zero-order valence-corrected chi connectivity index (χ0v) is 18.4. The van der Waals surface area contributed by atoms with Crippen LogP contribution in [-0.2, 0) is 20.4 Å². The van der Waals surface area contributed by atoms with E-state index in [2.05, 4.69) is 19.6 Å². The lowest BCUT2D eigenvalue weighted by molar-refractivity contribution is -0.142. The van der Waals surface area contributed by atoms with E-state index in [9.17, 15) is 9.59 Å². The lowest BCUT2D eigenvalue weighted by Crippen LogP contribution is -2.42. The Bertz CT molecular complexity index is 1060. The molecule has 2 atom stereocenters. The minimum absolute atomic E-state index is 0.214. The minimum atomic E-state index is -1.90. The van der Waals surface area contributed by atoms with Crippen molar-refractivity contribution in [1.82, 2.24) is 13.9 Å². The summed E-state index contributed by atoms with van der Waals surface area (Å²) in [6.07, 6.45) is 1.50. The molecule has 2 aliphatic rings. The Hall–Kier alpha value is -2.36. The predicted molar refractivity (Wildman–Crippen MR) is 111 cm³/mol. The maximum Gasteiger partial charge on any atom is 0.352 e.